The van der Waals surface area contributed by atoms with Gasteiger partial charge in [-0.3, -0.25) is 9.79 Å². The second kappa shape index (κ2) is 8.01. The highest BCUT2D eigenvalue weighted by Crippen LogP contribution is 2.48. The Hall–Kier alpha value is -2.63. The van der Waals surface area contributed by atoms with Crippen molar-refractivity contribution in [2.75, 3.05) is 20.8 Å². The molecule has 0 bridgehead atoms. The highest BCUT2D eigenvalue weighted by Gasteiger charge is 2.47. The molecule has 6 nitrogen and oxygen atoms in total. The van der Waals surface area contributed by atoms with Gasteiger partial charge >= 0.3 is 5.97 Å². The van der Waals surface area contributed by atoms with Crippen molar-refractivity contribution in [2.45, 2.75) is 46.5 Å². The fourth-order valence-electron chi connectivity index (χ4n) is 4.48. The maximum atomic E-state index is 13.2. The van der Waals surface area contributed by atoms with Crippen LogP contribution in [0.15, 0.2) is 34.5 Å². The molecule has 0 N–H and O–H groups in total. The van der Waals surface area contributed by atoms with E-state index in [1.807, 2.05) is 32.0 Å². The van der Waals surface area contributed by atoms with Gasteiger partial charge in [0.05, 0.1) is 32.3 Å². The number of Topliss-reactive ketones (excluding diaryl/α,β-unsaturated/α-hetero) is 1. The van der Waals surface area contributed by atoms with Crippen LogP contribution in [0.3, 0.4) is 0 Å². The number of rotatable bonds is 5. The Balaban J connectivity index is 2.18. The quantitative estimate of drug-likeness (QED) is 0.698. The lowest BCUT2D eigenvalue weighted by Gasteiger charge is -2.41. The van der Waals surface area contributed by atoms with E-state index in [2.05, 4.69) is 18.8 Å². The Labute approximate surface area is 171 Å². The van der Waals surface area contributed by atoms with E-state index in [-0.39, 0.29) is 11.2 Å². The predicted molar refractivity (Wildman–Crippen MR) is 111 cm³/mol. The molecule has 0 saturated heterocycles. The number of fused-ring (bicyclic) bond motifs is 1. The molecule has 156 valence electrons. The third kappa shape index (κ3) is 3.93. The fourth-order valence-corrected chi connectivity index (χ4v) is 4.48. The SMILES string of the molecule is CCOc1cc([C@@H]2C(C(=O)OC)=C(C)N=C3CC(C)(C)CC(=O)C32)ccc1OC. The monoisotopic (exact) mass is 399 g/mol. The van der Waals surface area contributed by atoms with Crippen LogP contribution in [0.2, 0.25) is 0 Å². The van der Waals surface area contributed by atoms with Gasteiger partial charge in [0.15, 0.2) is 11.5 Å². The normalized spacial score (nSPS) is 23.2. The van der Waals surface area contributed by atoms with E-state index in [1.54, 1.807) is 7.11 Å². The number of esters is 1. The first-order valence-corrected chi connectivity index (χ1v) is 9.92. The Kier molecular flexibility index (Phi) is 5.82. The molecule has 3 rings (SSSR count). The van der Waals surface area contributed by atoms with E-state index in [0.717, 1.165) is 17.7 Å². The minimum absolute atomic E-state index is 0.104. The zero-order valence-corrected chi connectivity index (χ0v) is 18.0. The molecule has 1 aromatic rings. The number of allylic oxidation sites excluding steroid dienone is 1. The number of aliphatic imine (C=N–C) groups is 1. The van der Waals surface area contributed by atoms with Gasteiger partial charge in [0.1, 0.15) is 5.78 Å². The van der Waals surface area contributed by atoms with E-state index in [0.29, 0.717) is 35.8 Å². The van der Waals surface area contributed by atoms with Gasteiger partial charge < -0.3 is 14.2 Å². The first-order chi connectivity index (χ1) is 13.7. The highest BCUT2D eigenvalue weighted by atomic mass is 16.5. The van der Waals surface area contributed by atoms with Gasteiger partial charge in [0.2, 0.25) is 0 Å². The van der Waals surface area contributed by atoms with E-state index < -0.39 is 17.8 Å². The minimum Gasteiger partial charge on any atom is -0.493 e. The van der Waals surface area contributed by atoms with E-state index in [9.17, 15) is 9.59 Å². The maximum Gasteiger partial charge on any atom is 0.336 e. The van der Waals surface area contributed by atoms with Crippen LogP contribution in [0.4, 0.5) is 0 Å². The highest BCUT2D eigenvalue weighted by molar-refractivity contribution is 6.12. The van der Waals surface area contributed by atoms with Crippen molar-refractivity contribution in [2.24, 2.45) is 16.3 Å². The largest absolute Gasteiger partial charge is 0.493 e. The molecule has 0 radical (unpaired) electrons. The predicted octanol–water partition coefficient (Wildman–Crippen LogP) is 4.08. The minimum atomic E-state index is -0.469. The summed E-state index contributed by atoms with van der Waals surface area (Å²) in [5.74, 6) is -0.0829. The molecule has 1 aromatic carbocycles. The van der Waals surface area contributed by atoms with Crippen molar-refractivity contribution < 1.29 is 23.8 Å². The summed E-state index contributed by atoms with van der Waals surface area (Å²) < 4.78 is 16.2. The topological polar surface area (TPSA) is 74.2 Å². The smallest absolute Gasteiger partial charge is 0.336 e. The lowest BCUT2D eigenvalue weighted by molar-refractivity contribution is -0.136. The lowest BCUT2D eigenvalue weighted by atomic mass is 9.63. The average Bonchev–Trinajstić information content (AvgIpc) is 2.65. The molecule has 1 fully saturated rings. The zero-order chi connectivity index (χ0) is 21.3. The molecule has 1 heterocycles. The Morgan fingerprint density at radius 2 is 1.90 bits per heavy atom. The number of ether oxygens (including phenoxy) is 3. The zero-order valence-electron chi connectivity index (χ0n) is 18.0. The number of carbonyl (C=O) groups excluding carboxylic acids is 2. The molecular weight excluding hydrogens is 370 g/mol. The van der Waals surface area contributed by atoms with Crippen LogP contribution in [0, 0.1) is 11.3 Å². The van der Waals surface area contributed by atoms with Crippen LogP contribution >= 0.6 is 0 Å². The number of hydrogen-bond acceptors (Lipinski definition) is 6. The van der Waals surface area contributed by atoms with Gasteiger partial charge in [-0.1, -0.05) is 19.9 Å². The summed E-state index contributed by atoms with van der Waals surface area (Å²) in [6.45, 7) is 8.34. The maximum absolute atomic E-state index is 13.2. The number of benzene rings is 1. The lowest BCUT2D eigenvalue weighted by Crippen LogP contribution is -2.44. The van der Waals surface area contributed by atoms with Gasteiger partial charge in [-0.2, -0.15) is 0 Å². The number of hydrogen-bond donors (Lipinski definition) is 0. The summed E-state index contributed by atoms with van der Waals surface area (Å²) in [7, 11) is 2.93. The van der Waals surface area contributed by atoms with E-state index in [1.165, 1.54) is 7.11 Å². The standard InChI is InChI=1S/C23H29NO5/c1-7-29-18-10-14(8-9-17(18)27-5)20-19(22(26)28-6)13(2)24-15-11-23(3,4)12-16(25)21(15)20/h8-10,20-21H,7,11-12H2,1-6H3/t20-,21?/m1/s1. The summed E-state index contributed by atoms with van der Waals surface area (Å²) in [4.78, 5) is 30.6. The van der Waals surface area contributed by atoms with Crippen molar-refractivity contribution in [3.8, 4) is 11.5 Å². The van der Waals surface area contributed by atoms with Gasteiger partial charge in [0.25, 0.3) is 0 Å². The molecule has 2 aliphatic rings. The molecule has 2 atom stereocenters. The third-order valence-corrected chi connectivity index (χ3v) is 5.62. The van der Waals surface area contributed by atoms with E-state index >= 15 is 0 Å². The number of nitrogens with zero attached hydrogens (tertiary/aromatic N) is 1. The van der Waals surface area contributed by atoms with Crippen LogP contribution in [-0.2, 0) is 14.3 Å². The fraction of sp³-hybridized carbons (Fsp3) is 0.522. The summed E-state index contributed by atoms with van der Waals surface area (Å²) in [5.41, 5.74) is 2.56. The summed E-state index contributed by atoms with van der Waals surface area (Å²) in [6, 6.07) is 5.56. The molecule has 0 aromatic heterocycles. The van der Waals surface area contributed by atoms with Crippen molar-refractivity contribution in [1.29, 1.82) is 0 Å². The molecule has 1 saturated carbocycles. The van der Waals surface area contributed by atoms with Crippen molar-refractivity contribution in [3.63, 3.8) is 0 Å². The molecule has 0 spiro atoms. The van der Waals surface area contributed by atoms with Crippen LogP contribution in [0.5, 0.6) is 11.5 Å². The van der Waals surface area contributed by atoms with Crippen molar-refractivity contribution in [1.82, 2.24) is 0 Å². The Morgan fingerprint density at radius 3 is 2.52 bits per heavy atom. The molecule has 0 amide bonds. The van der Waals surface area contributed by atoms with Crippen molar-refractivity contribution in [3.05, 3.63) is 35.0 Å². The van der Waals surface area contributed by atoms with Gasteiger partial charge in [-0.05, 0) is 43.4 Å². The molecule has 1 aliphatic carbocycles. The van der Waals surface area contributed by atoms with Crippen LogP contribution in [0.25, 0.3) is 0 Å². The number of ketones is 1. The van der Waals surface area contributed by atoms with Crippen LogP contribution < -0.4 is 9.47 Å². The second-order valence-electron chi connectivity index (χ2n) is 8.38. The first kappa shape index (κ1) is 21.1. The third-order valence-electron chi connectivity index (χ3n) is 5.62. The van der Waals surface area contributed by atoms with Gasteiger partial charge in [-0.15, -0.1) is 0 Å². The second-order valence-corrected chi connectivity index (χ2v) is 8.38. The van der Waals surface area contributed by atoms with Crippen LogP contribution in [0.1, 0.15) is 52.0 Å². The first-order valence-electron chi connectivity index (χ1n) is 9.92. The summed E-state index contributed by atoms with van der Waals surface area (Å²) >= 11 is 0. The van der Waals surface area contributed by atoms with Crippen molar-refractivity contribution >= 4 is 17.5 Å². The molecule has 29 heavy (non-hydrogen) atoms. The molecule has 1 aliphatic heterocycles. The molecule has 1 unspecified atom stereocenters. The Bertz CT molecular complexity index is 897. The summed E-state index contributed by atoms with van der Waals surface area (Å²) in [5, 5.41) is 0. The number of carbonyl (C=O) groups is 2. The van der Waals surface area contributed by atoms with E-state index in [4.69, 9.17) is 14.2 Å². The molecular formula is C23H29NO5. The average molecular weight is 399 g/mol. The van der Waals surface area contributed by atoms with Gasteiger partial charge in [-0.25, -0.2) is 4.79 Å². The summed E-state index contributed by atoms with van der Waals surface area (Å²) in [6.07, 6.45) is 1.18. The molecule has 6 heteroatoms. The number of methoxy groups -OCH3 is 2. The van der Waals surface area contributed by atoms with Gasteiger partial charge in [0, 0.05) is 23.7 Å². The van der Waals surface area contributed by atoms with Crippen LogP contribution in [-0.4, -0.2) is 38.3 Å². The Morgan fingerprint density at radius 1 is 1.17 bits per heavy atom.